The van der Waals surface area contributed by atoms with Crippen molar-refractivity contribution in [2.45, 2.75) is 13.2 Å². The summed E-state index contributed by atoms with van der Waals surface area (Å²) in [6.07, 6.45) is 1.48. The zero-order chi connectivity index (χ0) is 27.5. The number of anilines is 1. The maximum absolute atomic E-state index is 12.9. The zero-order valence-corrected chi connectivity index (χ0v) is 24.4. The number of carbonyl (C=O) groups is 1. The van der Waals surface area contributed by atoms with Crippen LogP contribution in [0.3, 0.4) is 0 Å². The summed E-state index contributed by atoms with van der Waals surface area (Å²) in [6, 6.07) is 16.2. The molecule has 5 aromatic rings. The summed E-state index contributed by atoms with van der Waals surface area (Å²) in [5, 5.41) is 12.6. The van der Waals surface area contributed by atoms with Crippen LogP contribution >= 0.6 is 55.1 Å². The van der Waals surface area contributed by atoms with Crippen LogP contribution in [0.4, 0.5) is 5.82 Å². The lowest BCUT2D eigenvalue weighted by atomic mass is 10.2. The number of rotatable bonds is 8. The molecule has 5 rings (SSSR count). The Hall–Kier alpha value is -3.45. The lowest BCUT2D eigenvalue weighted by Gasteiger charge is -2.13. The van der Waals surface area contributed by atoms with Crippen LogP contribution in [0.5, 0.6) is 5.75 Å². The largest absolute Gasteiger partial charge is 0.487 e. The van der Waals surface area contributed by atoms with Crippen LogP contribution in [0.2, 0.25) is 10.0 Å². The van der Waals surface area contributed by atoms with E-state index in [4.69, 9.17) is 38.3 Å². The zero-order valence-electron chi connectivity index (χ0n) is 19.7. The van der Waals surface area contributed by atoms with Gasteiger partial charge in [0.1, 0.15) is 18.9 Å². The normalized spacial score (nSPS) is 11.4. The van der Waals surface area contributed by atoms with Gasteiger partial charge in [0.2, 0.25) is 0 Å². The molecule has 0 radical (unpaired) electrons. The van der Waals surface area contributed by atoms with Gasteiger partial charge < -0.3 is 15.0 Å². The third kappa shape index (κ3) is 6.09. The Bertz CT molecular complexity index is 1720. The molecule has 0 atom stereocenters. The molecule has 198 valence electrons. The van der Waals surface area contributed by atoms with E-state index in [-0.39, 0.29) is 24.7 Å². The standard InChI is InChI=1S/C25H17Br2Cl2N7O3/c26-15-7-14(23(17(27)8-15)38-12-13-5-6-16(28)9-18(13)29)10-31-33-21(37)11-36-20-4-2-1-3-19(20)32-25(36)22-24(30)35-39-34-22/h1-10H,11-12H2,(H2,30,35)(H,33,37). The molecular weight excluding hydrogens is 677 g/mol. The molecule has 0 aliphatic carbocycles. The minimum atomic E-state index is -0.407. The van der Waals surface area contributed by atoms with Crippen molar-refractivity contribution < 1.29 is 14.2 Å². The summed E-state index contributed by atoms with van der Waals surface area (Å²) in [6.45, 7) is 0.0834. The van der Waals surface area contributed by atoms with Crippen molar-refractivity contribution in [1.82, 2.24) is 25.3 Å². The number of fused-ring (bicyclic) bond motifs is 1. The molecule has 0 aliphatic rings. The number of nitrogens with two attached hydrogens (primary N) is 1. The molecule has 3 aromatic carbocycles. The van der Waals surface area contributed by atoms with Gasteiger partial charge in [-0.25, -0.2) is 15.0 Å². The number of nitrogens with zero attached hydrogens (tertiary/aromatic N) is 5. The highest BCUT2D eigenvalue weighted by Gasteiger charge is 2.20. The third-order valence-corrected chi connectivity index (χ3v) is 7.13. The molecule has 1 amide bonds. The Kier molecular flexibility index (Phi) is 8.17. The Balaban J connectivity index is 1.34. The highest BCUT2D eigenvalue weighted by molar-refractivity contribution is 9.11. The van der Waals surface area contributed by atoms with Gasteiger partial charge in [-0.2, -0.15) is 5.10 Å². The van der Waals surface area contributed by atoms with Gasteiger partial charge >= 0.3 is 0 Å². The van der Waals surface area contributed by atoms with E-state index in [0.29, 0.717) is 42.7 Å². The number of ether oxygens (including phenoxy) is 1. The third-order valence-electron chi connectivity index (χ3n) is 5.50. The van der Waals surface area contributed by atoms with Crippen LogP contribution in [0, 0.1) is 0 Å². The number of carbonyl (C=O) groups excluding carboxylic acids is 1. The predicted molar refractivity (Wildman–Crippen MR) is 156 cm³/mol. The quantitative estimate of drug-likeness (QED) is 0.145. The molecule has 10 nitrogen and oxygen atoms in total. The first-order chi connectivity index (χ1) is 18.8. The second-order valence-corrected chi connectivity index (χ2v) is 10.7. The maximum Gasteiger partial charge on any atom is 0.260 e. The van der Waals surface area contributed by atoms with E-state index in [1.165, 1.54) is 6.21 Å². The van der Waals surface area contributed by atoms with Crippen LogP contribution < -0.4 is 15.9 Å². The molecule has 0 aliphatic heterocycles. The second-order valence-electron chi connectivity index (χ2n) is 8.13. The molecular formula is C25H17Br2Cl2N7O3. The number of aromatic nitrogens is 4. The van der Waals surface area contributed by atoms with Crippen molar-refractivity contribution in [3.05, 3.63) is 84.7 Å². The number of amides is 1. The summed E-state index contributed by atoms with van der Waals surface area (Å²) in [7, 11) is 0. The van der Waals surface area contributed by atoms with Crippen LogP contribution in [0.1, 0.15) is 11.1 Å². The average molecular weight is 694 g/mol. The monoisotopic (exact) mass is 691 g/mol. The summed E-state index contributed by atoms with van der Waals surface area (Å²) in [5.41, 5.74) is 11.4. The molecule has 0 fully saturated rings. The average Bonchev–Trinajstić information content (AvgIpc) is 3.47. The Morgan fingerprint density at radius 1 is 1.15 bits per heavy atom. The lowest BCUT2D eigenvalue weighted by Crippen LogP contribution is -2.23. The highest BCUT2D eigenvalue weighted by Crippen LogP contribution is 2.33. The van der Waals surface area contributed by atoms with Crippen molar-refractivity contribution >= 4 is 84.0 Å². The van der Waals surface area contributed by atoms with E-state index in [2.05, 4.69) is 57.7 Å². The molecule has 0 unspecified atom stereocenters. The number of para-hydroxylation sites is 2. The fraction of sp³-hybridized carbons (Fsp3) is 0.0800. The van der Waals surface area contributed by atoms with Crippen molar-refractivity contribution in [3.8, 4) is 17.3 Å². The SMILES string of the molecule is Nc1nonc1-c1nc2ccccc2n1CC(=O)NN=Cc1cc(Br)cc(Br)c1OCc1ccc(Cl)cc1Cl. The molecule has 0 saturated heterocycles. The van der Waals surface area contributed by atoms with Gasteiger partial charge in [0, 0.05) is 25.6 Å². The van der Waals surface area contributed by atoms with Crippen LogP contribution in [-0.4, -0.2) is 32.0 Å². The molecule has 2 heterocycles. The predicted octanol–water partition coefficient (Wildman–Crippen LogP) is 6.23. The summed E-state index contributed by atoms with van der Waals surface area (Å²) >= 11 is 19.3. The van der Waals surface area contributed by atoms with Gasteiger partial charge in [0.05, 0.1) is 21.7 Å². The van der Waals surface area contributed by atoms with E-state index in [1.807, 2.05) is 30.3 Å². The first-order valence-electron chi connectivity index (χ1n) is 11.2. The number of benzene rings is 3. The Morgan fingerprint density at radius 3 is 2.74 bits per heavy atom. The lowest BCUT2D eigenvalue weighted by molar-refractivity contribution is -0.121. The topological polar surface area (TPSA) is 133 Å². The molecule has 3 N–H and O–H groups in total. The number of imidazole rings is 1. The number of halogens is 4. The number of nitrogen functional groups attached to an aromatic ring is 1. The van der Waals surface area contributed by atoms with E-state index >= 15 is 0 Å². The number of nitrogens with one attached hydrogen (secondary N) is 1. The van der Waals surface area contributed by atoms with Crippen LogP contribution in [0.15, 0.2) is 73.3 Å². The van der Waals surface area contributed by atoms with E-state index in [1.54, 1.807) is 28.8 Å². The molecule has 0 saturated carbocycles. The first kappa shape index (κ1) is 27.1. The van der Waals surface area contributed by atoms with Crippen molar-refractivity contribution in [1.29, 1.82) is 0 Å². The van der Waals surface area contributed by atoms with E-state index in [9.17, 15) is 4.79 Å². The van der Waals surface area contributed by atoms with E-state index < -0.39 is 5.91 Å². The first-order valence-corrected chi connectivity index (χ1v) is 13.6. The summed E-state index contributed by atoms with van der Waals surface area (Å²) in [5.74, 6) is 0.522. The van der Waals surface area contributed by atoms with Crippen molar-refractivity contribution in [2.75, 3.05) is 5.73 Å². The second kappa shape index (κ2) is 11.7. The molecule has 2 aromatic heterocycles. The highest BCUT2D eigenvalue weighted by atomic mass is 79.9. The molecule has 0 bridgehead atoms. The van der Waals surface area contributed by atoms with Crippen LogP contribution in [-0.2, 0) is 17.9 Å². The minimum absolute atomic E-state index is 0.0673. The van der Waals surface area contributed by atoms with Crippen molar-refractivity contribution in [2.24, 2.45) is 5.10 Å². The molecule has 14 heteroatoms. The number of hydrogen-bond donors (Lipinski definition) is 2. The fourth-order valence-electron chi connectivity index (χ4n) is 3.74. The van der Waals surface area contributed by atoms with Crippen LogP contribution in [0.25, 0.3) is 22.6 Å². The fourth-order valence-corrected chi connectivity index (χ4v) is 5.57. The molecule has 39 heavy (non-hydrogen) atoms. The molecule has 0 spiro atoms. The van der Waals surface area contributed by atoms with E-state index in [0.717, 1.165) is 10.0 Å². The van der Waals surface area contributed by atoms with Gasteiger partial charge in [-0.15, -0.1) is 0 Å². The smallest absolute Gasteiger partial charge is 0.260 e. The number of hydrogen-bond acceptors (Lipinski definition) is 8. The number of hydrazone groups is 1. The van der Waals surface area contributed by atoms with Gasteiger partial charge in [-0.3, -0.25) is 4.79 Å². The van der Waals surface area contributed by atoms with Crippen molar-refractivity contribution in [3.63, 3.8) is 0 Å². The summed E-state index contributed by atoms with van der Waals surface area (Å²) in [4.78, 5) is 17.4. The van der Waals surface area contributed by atoms with Gasteiger partial charge in [0.25, 0.3) is 5.91 Å². The minimum Gasteiger partial charge on any atom is -0.487 e. The van der Waals surface area contributed by atoms with Gasteiger partial charge in [0.15, 0.2) is 17.3 Å². The Morgan fingerprint density at radius 2 is 1.97 bits per heavy atom. The van der Waals surface area contributed by atoms with Gasteiger partial charge in [-0.1, -0.05) is 57.3 Å². The van der Waals surface area contributed by atoms with Gasteiger partial charge in [-0.05, 0) is 62.6 Å². The Labute approximate surface area is 248 Å². The maximum atomic E-state index is 12.9. The summed E-state index contributed by atoms with van der Waals surface area (Å²) < 4.78 is 13.9.